The number of nitrogens with zero attached hydrogens (tertiary/aromatic N) is 3. The molecule has 0 aliphatic carbocycles. The van der Waals surface area contributed by atoms with Gasteiger partial charge < -0.3 is 9.80 Å². The molecule has 0 aromatic heterocycles. The first kappa shape index (κ1) is 24.1. The quantitative estimate of drug-likeness (QED) is 0.670. The van der Waals surface area contributed by atoms with Gasteiger partial charge in [-0.2, -0.15) is 17.5 Å². The monoisotopic (exact) mass is 469 g/mol. The number of amides is 1. The van der Waals surface area contributed by atoms with Crippen molar-refractivity contribution >= 4 is 21.6 Å². The Balaban J connectivity index is 1.71. The lowest BCUT2D eigenvalue weighted by molar-refractivity contribution is -0.137. The summed E-state index contributed by atoms with van der Waals surface area (Å²) < 4.78 is 65.7. The molecular formula is C22H26F3N3O3S. The van der Waals surface area contributed by atoms with Crippen molar-refractivity contribution in [3.8, 4) is 0 Å². The van der Waals surface area contributed by atoms with Gasteiger partial charge in [0.25, 0.3) is 5.91 Å². The van der Waals surface area contributed by atoms with E-state index in [0.717, 1.165) is 12.1 Å². The largest absolute Gasteiger partial charge is 0.416 e. The fourth-order valence-electron chi connectivity index (χ4n) is 3.46. The number of carbonyl (C=O) groups excluding carboxylic acids is 1. The van der Waals surface area contributed by atoms with Crippen LogP contribution in [0, 0.1) is 0 Å². The van der Waals surface area contributed by atoms with Gasteiger partial charge in [-0.1, -0.05) is 12.1 Å². The van der Waals surface area contributed by atoms with Crippen LogP contribution in [0.5, 0.6) is 0 Å². The van der Waals surface area contributed by atoms with Gasteiger partial charge in [0.1, 0.15) is 0 Å². The van der Waals surface area contributed by atoms with Gasteiger partial charge in [0, 0.05) is 50.5 Å². The number of hydrogen-bond donors (Lipinski definition) is 0. The molecule has 1 fully saturated rings. The first-order valence-electron chi connectivity index (χ1n) is 10.2. The molecule has 0 radical (unpaired) electrons. The van der Waals surface area contributed by atoms with Crippen molar-refractivity contribution in [3.63, 3.8) is 0 Å². The number of alkyl halides is 3. The molecule has 0 spiro atoms. The predicted molar refractivity (Wildman–Crippen MR) is 116 cm³/mol. The lowest BCUT2D eigenvalue weighted by Crippen LogP contribution is -2.48. The smallest absolute Gasteiger partial charge is 0.368 e. The maximum absolute atomic E-state index is 13.0. The molecule has 1 amide bonds. The van der Waals surface area contributed by atoms with Gasteiger partial charge in [-0.15, -0.1) is 0 Å². The molecule has 2 aromatic carbocycles. The highest BCUT2D eigenvalue weighted by atomic mass is 32.2. The number of piperazine rings is 1. The standard InChI is InChI=1S/C22H26F3N3O3S/c1-16(2)26(3)32(30,31)20-9-4-6-17(14-20)21(29)28-12-10-27(11-13-28)19-8-5-7-18(15-19)22(23,24)25/h4-9,14-16H,10-13H2,1-3H3. The number of rotatable bonds is 5. The van der Waals surface area contributed by atoms with Gasteiger partial charge in [-0.05, 0) is 50.2 Å². The van der Waals surface area contributed by atoms with Crippen LogP contribution >= 0.6 is 0 Å². The zero-order valence-corrected chi connectivity index (χ0v) is 18.9. The van der Waals surface area contributed by atoms with E-state index in [-0.39, 0.29) is 22.4 Å². The zero-order valence-electron chi connectivity index (χ0n) is 18.1. The van der Waals surface area contributed by atoms with Crippen LogP contribution in [0.1, 0.15) is 29.8 Å². The Morgan fingerprint density at radius 2 is 1.62 bits per heavy atom. The molecule has 6 nitrogen and oxygen atoms in total. The summed E-state index contributed by atoms with van der Waals surface area (Å²) in [7, 11) is -2.24. The molecule has 1 aliphatic heterocycles. The van der Waals surface area contributed by atoms with E-state index >= 15 is 0 Å². The molecule has 1 saturated heterocycles. The maximum Gasteiger partial charge on any atom is 0.416 e. The van der Waals surface area contributed by atoms with E-state index in [9.17, 15) is 26.4 Å². The maximum atomic E-state index is 13.0. The molecule has 0 saturated carbocycles. The van der Waals surface area contributed by atoms with Gasteiger partial charge in [0.15, 0.2) is 0 Å². The Kier molecular flexibility index (Phi) is 6.85. The van der Waals surface area contributed by atoms with Gasteiger partial charge in [0.05, 0.1) is 10.5 Å². The summed E-state index contributed by atoms with van der Waals surface area (Å²) >= 11 is 0. The Morgan fingerprint density at radius 3 is 2.22 bits per heavy atom. The summed E-state index contributed by atoms with van der Waals surface area (Å²) in [5.41, 5.74) is 0.00498. The van der Waals surface area contributed by atoms with Crippen LogP contribution in [0.15, 0.2) is 53.4 Å². The molecule has 0 N–H and O–H groups in total. The fraction of sp³-hybridized carbons (Fsp3) is 0.409. The second-order valence-corrected chi connectivity index (χ2v) is 9.97. The number of halogens is 3. The number of sulfonamides is 1. The fourth-order valence-corrected chi connectivity index (χ4v) is 4.88. The molecular weight excluding hydrogens is 443 g/mol. The van der Waals surface area contributed by atoms with Gasteiger partial charge in [0.2, 0.25) is 10.0 Å². The van der Waals surface area contributed by atoms with Crippen molar-refractivity contribution < 1.29 is 26.4 Å². The summed E-state index contributed by atoms with van der Waals surface area (Å²) in [4.78, 5) is 16.4. The van der Waals surface area contributed by atoms with Gasteiger partial charge in [-0.25, -0.2) is 8.42 Å². The van der Waals surface area contributed by atoms with E-state index in [1.165, 1.54) is 35.6 Å². The first-order chi connectivity index (χ1) is 14.9. The van der Waals surface area contributed by atoms with E-state index in [1.54, 1.807) is 35.8 Å². The summed E-state index contributed by atoms with van der Waals surface area (Å²) in [5.74, 6) is -0.307. The van der Waals surface area contributed by atoms with E-state index in [1.807, 2.05) is 0 Å². The molecule has 32 heavy (non-hydrogen) atoms. The van der Waals surface area contributed by atoms with Crippen LogP contribution in [0.25, 0.3) is 0 Å². The lowest BCUT2D eigenvalue weighted by atomic mass is 10.1. The zero-order chi connectivity index (χ0) is 23.7. The van der Waals surface area contributed by atoms with Gasteiger partial charge in [-0.3, -0.25) is 4.79 Å². The summed E-state index contributed by atoms with van der Waals surface area (Å²) in [5, 5.41) is 0. The third-order valence-corrected chi connectivity index (χ3v) is 7.62. The number of hydrogen-bond acceptors (Lipinski definition) is 4. The molecule has 3 rings (SSSR count). The molecule has 2 aromatic rings. The Labute approximate surface area is 186 Å². The second-order valence-electron chi connectivity index (χ2n) is 7.97. The van der Waals surface area contributed by atoms with Crippen LogP contribution in [0.4, 0.5) is 18.9 Å². The second kappa shape index (κ2) is 9.11. The molecule has 0 unspecified atom stereocenters. The molecule has 0 bridgehead atoms. The van der Waals surface area contributed by atoms with E-state index in [0.29, 0.717) is 31.9 Å². The van der Waals surface area contributed by atoms with Crippen molar-refractivity contribution in [2.45, 2.75) is 31.0 Å². The minimum Gasteiger partial charge on any atom is -0.368 e. The Bertz CT molecular complexity index is 1080. The van der Waals surface area contributed by atoms with E-state index in [2.05, 4.69) is 0 Å². The molecule has 1 aliphatic rings. The van der Waals surface area contributed by atoms with E-state index < -0.39 is 21.8 Å². The van der Waals surface area contributed by atoms with Crippen molar-refractivity contribution in [3.05, 3.63) is 59.7 Å². The Morgan fingerprint density at radius 1 is 1.00 bits per heavy atom. The van der Waals surface area contributed by atoms with Crippen LogP contribution < -0.4 is 4.90 Å². The minimum atomic E-state index is -4.41. The number of anilines is 1. The average Bonchev–Trinajstić information content (AvgIpc) is 2.77. The molecule has 0 atom stereocenters. The third kappa shape index (κ3) is 5.07. The van der Waals surface area contributed by atoms with Gasteiger partial charge >= 0.3 is 6.18 Å². The number of benzene rings is 2. The van der Waals surface area contributed by atoms with Crippen molar-refractivity contribution in [1.82, 2.24) is 9.21 Å². The minimum absolute atomic E-state index is 0.0437. The highest BCUT2D eigenvalue weighted by molar-refractivity contribution is 7.89. The summed E-state index contributed by atoms with van der Waals surface area (Å²) in [6.07, 6.45) is -4.41. The number of carbonyl (C=O) groups is 1. The SMILES string of the molecule is CC(C)N(C)S(=O)(=O)c1cccc(C(=O)N2CCN(c3cccc(C(F)(F)F)c3)CC2)c1. The highest BCUT2D eigenvalue weighted by Gasteiger charge is 2.31. The first-order valence-corrected chi connectivity index (χ1v) is 11.6. The van der Waals surface area contributed by atoms with Crippen molar-refractivity contribution in [2.75, 3.05) is 38.1 Å². The van der Waals surface area contributed by atoms with E-state index in [4.69, 9.17) is 0 Å². The lowest BCUT2D eigenvalue weighted by Gasteiger charge is -2.36. The summed E-state index contributed by atoms with van der Waals surface area (Å²) in [6, 6.07) is 10.8. The summed E-state index contributed by atoms with van der Waals surface area (Å²) in [6.45, 7) is 4.91. The third-order valence-electron chi connectivity index (χ3n) is 5.59. The van der Waals surface area contributed by atoms with Crippen LogP contribution in [0.3, 0.4) is 0 Å². The molecule has 174 valence electrons. The van der Waals surface area contributed by atoms with Crippen LogP contribution in [0.2, 0.25) is 0 Å². The molecule has 1 heterocycles. The van der Waals surface area contributed by atoms with Crippen molar-refractivity contribution in [1.29, 1.82) is 0 Å². The average molecular weight is 470 g/mol. The van der Waals surface area contributed by atoms with Crippen molar-refractivity contribution in [2.24, 2.45) is 0 Å². The normalized spacial score (nSPS) is 15.5. The predicted octanol–water partition coefficient (Wildman–Crippen LogP) is 3.70. The topological polar surface area (TPSA) is 60.9 Å². The van der Waals surface area contributed by atoms with Crippen LogP contribution in [-0.4, -0.2) is 62.8 Å². The molecule has 10 heteroatoms. The van der Waals surface area contributed by atoms with Crippen LogP contribution in [-0.2, 0) is 16.2 Å². The highest BCUT2D eigenvalue weighted by Crippen LogP contribution is 2.32. The Hall–Kier alpha value is -2.59.